The van der Waals surface area contributed by atoms with E-state index < -0.39 is 0 Å². The van der Waals surface area contributed by atoms with E-state index in [0.717, 1.165) is 26.5 Å². The Morgan fingerprint density at radius 2 is 1.96 bits per heavy atom. The first-order chi connectivity index (χ1) is 12.2. The largest absolute Gasteiger partial charge is 0.494 e. The predicted molar refractivity (Wildman–Crippen MR) is 103 cm³/mol. The molecule has 1 aromatic heterocycles. The molecule has 1 heterocycles. The average molecular weight is 352 g/mol. The van der Waals surface area contributed by atoms with Crippen molar-refractivity contribution >= 4 is 33.5 Å². The number of amides is 1. The van der Waals surface area contributed by atoms with Crippen LogP contribution in [0.3, 0.4) is 0 Å². The lowest BCUT2D eigenvalue weighted by atomic mass is 10.2. The Bertz CT molecular complexity index is 851. The number of likely N-dealkylation sites (N-methyl/N-ethyl adjacent to an activating group) is 1. The highest BCUT2D eigenvalue weighted by Crippen LogP contribution is 2.22. The van der Waals surface area contributed by atoms with Gasteiger partial charge in [0, 0.05) is 13.1 Å². The number of fused-ring (bicyclic) bond motifs is 1. The van der Waals surface area contributed by atoms with Crippen molar-refractivity contribution in [3.63, 3.8) is 0 Å². The number of rotatable bonds is 6. The van der Waals surface area contributed by atoms with E-state index in [-0.39, 0.29) is 5.91 Å². The molecule has 2 aromatic carbocycles. The zero-order valence-electron chi connectivity index (χ0n) is 14.3. The number of carbonyl (C=O) groups is 1. The maximum atomic E-state index is 12.3. The second-order valence-electron chi connectivity index (χ2n) is 5.61. The number of carbonyl (C=O) groups excluding carboxylic acids is 1. The molecule has 0 spiro atoms. The van der Waals surface area contributed by atoms with Crippen LogP contribution in [0.2, 0.25) is 0 Å². The third-order valence-corrected chi connectivity index (χ3v) is 4.72. The summed E-state index contributed by atoms with van der Waals surface area (Å²) in [6.45, 7) is 3.10. The molecule has 1 amide bonds. The van der Waals surface area contributed by atoms with Gasteiger partial charge in [-0.3, -0.25) is 4.79 Å². The molecule has 0 N–H and O–H groups in total. The molecule has 0 aliphatic rings. The van der Waals surface area contributed by atoms with Crippen LogP contribution in [-0.2, 0) is 11.3 Å². The van der Waals surface area contributed by atoms with Gasteiger partial charge in [0.05, 0.1) is 23.4 Å². The molecular weight excluding hydrogens is 332 g/mol. The van der Waals surface area contributed by atoms with Gasteiger partial charge in [-0.15, -0.1) is 11.3 Å². The van der Waals surface area contributed by atoms with Crippen molar-refractivity contribution in [2.75, 3.05) is 13.7 Å². The van der Waals surface area contributed by atoms with E-state index >= 15 is 0 Å². The molecule has 3 aromatic rings. The third kappa shape index (κ3) is 4.45. The molecule has 0 atom stereocenters. The van der Waals surface area contributed by atoms with E-state index in [1.807, 2.05) is 61.5 Å². The lowest BCUT2D eigenvalue weighted by molar-refractivity contribution is -0.125. The number of hydrogen-bond donors (Lipinski definition) is 0. The second-order valence-corrected chi connectivity index (χ2v) is 6.72. The van der Waals surface area contributed by atoms with E-state index in [1.54, 1.807) is 29.4 Å². The highest BCUT2D eigenvalue weighted by atomic mass is 32.1. The molecule has 4 nitrogen and oxygen atoms in total. The van der Waals surface area contributed by atoms with Gasteiger partial charge in [-0.2, -0.15) is 0 Å². The van der Waals surface area contributed by atoms with E-state index in [9.17, 15) is 4.79 Å². The Morgan fingerprint density at radius 1 is 1.20 bits per heavy atom. The molecular formula is C20H20N2O2S. The van der Waals surface area contributed by atoms with Crippen molar-refractivity contribution in [2.45, 2.75) is 13.5 Å². The van der Waals surface area contributed by atoms with E-state index in [2.05, 4.69) is 4.98 Å². The summed E-state index contributed by atoms with van der Waals surface area (Å²) in [4.78, 5) is 18.5. The van der Waals surface area contributed by atoms with Crippen LogP contribution in [0.1, 0.15) is 17.5 Å². The minimum absolute atomic E-state index is 0.0480. The Balaban J connectivity index is 1.61. The number of ether oxygens (including phenoxy) is 1. The summed E-state index contributed by atoms with van der Waals surface area (Å²) < 4.78 is 6.55. The minimum Gasteiger partial charge on any atom is -0.494 e. The van der Waals surface area contributed by atoms with Crippen LogP contribution in [0.15, 0.2) is 54.6 Å². The van der Waals surface area contributed by atoms with Gasteiger partial charge >= 0.3 is 0 Å². The van der Waals surface area contributed by atoms with E-state index in [1.165, 1.54) is 0 Å². The molecule has 0 radical (unpaired) electrons. The Kier molecular flexibility index (Phi) is 5.46. The first-order valence-electron chi connectivity index (χ1n) is 8.16. The topological polar surface area (TPSA) is 42.4 Å². The Hall–Kier alpha value is -2.66. The summed E-state index contributed by atoms with van der Waals surface area (Å²) in [6, 6.07) is 15.7. The smallest absolute Gasteiger partial charge is 0.246 e. The van der Waals surface area contributed by atoms with Gasteiger partial charge in [0.1, 0.15) is 10.8 Å². The van der Waals surface area contributed by atoms with Gasteiger partial charge in [-0.25, -0.2) is 4.98 Å². The average Bonchev–Trinajstić information content (AvgIpc) is 3.03. The molecule has 3 rings (SSSR count). The second kappa shape index (κ2) is 7.94. The van der Waals surface area contributed by atoms with Gasteiger partial charge in [-0.05, 0) is 42.8 Å². The normalized spacial score (nSPS) is 11.1. The van der Waals surface area contributed by atoms with Crippen LogP contribution < -0.4 is 4.74 Å². The summed E-state index contributed by atoms with van der Waals surface area (Å²) >= 11 is 1.62. The maximum Gasteiger partial charge on any atom is 0.246 e. The number of aromatic nitrogens is 1. The Labute approximate surface area is 151 Å². The van der Waals surface area contributed by atoms with Crippen molar-refractivity contribution in [3.8, 4) is 5.75 Å². The van der Waals surface area contributed by atoms with Crippen molar-refractivity contribution in [2.24, 2.45) is 0 Å². The summed E-state index contributed by atoms with van der Waals surface area (Å²) in [6.07, 6.45) is 3.40. The predicted octanol–water partition coefficient (Wildman–Crippen LogP) is 4.37. The fraction of sp³-hybridized carbons (Fsp3) is 0.200. The zero-order chi connectivity index (χ0) is 17.6. The van der Waals surface area contributed by atoms with Gasteiger partial charge < -0.3 is 9.64 Å². The lowest BCUT2D eigenvalue weighted by Crippen LogP contribution is -2.23. The fourth-order valence-corrected chi connectivity index (χ4v) is 3.43. The number of para-hydroxylation sites is 1. The number of nitrogens with zero attached hydrogens (tertiary/aromatic N) is 2. The number of thiazole rings is 1. The van der Waals surface area contributed by atoms with Gasteiger partial charge in [0.2, 0.25) is 5.91 Å². The van der Waals surface area contributed by atoms with Crippen LogP contribution in [0.4, 0.5) is 0 Å². The maximum absolute atomic E-state index is 12.3. The minimum atomic E-state index is -0.0480. The summed E-state index contributed by atoms with van der Waals surface area (Å²) in [5.41, 5.74) is 1.94. The molecule has 25 heavy (non-hydrogen) atoms. The molecule has 0 fully saturated rings. The van der Waals surface area contributed by atoms with Crippen LogP contribution >= 0.6 is 11.3 Å². The summed E-state index contributed by atoms with van der Waals surface area (Å²) in [5.74, 6) is 0.784. The monoisotopic (exact) mass is 352 g/mol. The molecule has 0 aliphatic carbocycles. The molecule has 128 valence electrons. The van der Waals surface area contributed by atoms with Crippen LogP contribution in [-0.4, -0.2) is 29.4 Å². The van der Waals surface area contributed by atoms with Crippen LogP contribution in [0, 0.1) is 0 Å². The standard InChI is InChI=1S/C20H20N2O2S/c1-3-24-16-11-8-15(9-12-16)10-13-20(23)22(2)14-19-21-17-6-4-5-7-18(17)25-19/h4-13H,3,14H2,1-2H3/b13-10+. The van der Waals surface area contributed by atoms with Crippen LogP contribution in [0.5, 0.6) is 5.75 Å². The zero-order valence-corrected chi connectivity index (χ0v) is 15.1. The van der Waals surface area contributed by atoms with Crippen molar-refractivity contribution < 1.29 is 9.53 Å². The molecule has 5 heteroatoms. The molecule has 0 saturated heterocycles. The van der Waals surface area contributed by atoms with Gasteiger partial charge in [0.25, 0.3) is 0 Å². The lowest BCUT2D eigenvalue weighted by Gasteiger charge is -2.12. The SMILES string of the molecule is CCOc1ccc(/C=C/C(=O)N(C)Cc2nc3ccccc3s2)cc1. The van der Waals surface area contributed by atoms with E-state index in [4.69, 9.17) is 4.74 Å². The molecule has 0 unspecified atom stereocenters. The van der Waals surface area contributed by atoms with Gasteiger partial charge in [-0.1, -0.05) is 24.3 Å². The first-order valence-corrected chi connectivity index (χ1v) is 8.98. The van der Waals surface area contributed by atoms with Crippen LogP contribution in [0.25, 0.3) is 16.3 Å². The first kappa shape index (κ1) is 17.2. The van der Waals surface area contributed by atoms with E-state index in [0.29, 0.717) is 13.2 Å². The van der Waals surface area contributed by atoms with Crippen molar-refractivity contribution in [1.29, 1.82) is 0 Å². The Morgan fingerprint density at radius 3 is 2.68 bits per heavy atom. The highest BCUT2D eigenvalue weighted by molar-refractivity contribution is 7.18. The molecule has 0 bridgehead atoms. The summed E-state index contributed by atoms with van der Waals surface area (Å²) in [5, 5.41) is 0.937. The summed E-state index contributed by atoms with van der Waals surface area (Å²) in [7, 11) is 1.79. The highest BCUT2D eigenvalue weighted by Gasteiger charge is 2.09. The van der Waals surface area contributed by atoms with Crippen molar-refractivity contribution in [1.82, 2.24) is 9.88 Å². The quantitative estimate of drug-likeness (QED) is 0.619. The van der Waals surface area contributed by atoms with Crippen molar-refractivity contribution in [3.05, 3.63) is 65.2 Å². The fourth-order valence-electron chi connectivity index (χ4n) is 2.40. The number of benzene rings is 2. The molecule has 0 aliphatic heterocycles. The molecule has 0 saturated carbocycles. The number of hydrogen-bond acceptors (Lipinski definition) is 4. The third-order valence-electron chi connectivity index (χ3n) is 3.70. The van der Waals surface area contributed by atoms with Gasteiger partial charge in [0.15, 0.2) is 0 Å².